The molecule has 0 bridgehead atoms. The number of amides is 1. The van der Waals surface area contributed by atoms with Gasteiger partial charge < -0.3 is 15.0 Å². The third-order valence-corrected chi connectivity index (χ3v) is 4.30. The topological polar surface area (TPSA) is 71.2 Å². The molecule has 2 N–H and O–H groups in total. The molecule has 2 atom stereocenters. The molecular weight excluding hydrogens is 349 g/mol. The Bertz CT molecular complexity index is 905. The smallest absolute Gasteiger partial charge is 0.431 e. The number of ether oxygens (including phenoxy) is 1. The number of fused-ring (bicyclic) bond motifs is 1. The monoisotopic (exact) mass is 366 g/mol. The summed E-state index contributed by atoms with van der Waals surface area (Å²) in [5, 5.41) is 2.71. The standard InChI is InChI=1S/C18H17F3N2O3/c1-3-12-15(10-5-4-9(2)8-13(10)26-12)23-17(25)11-6-7-14(18(19,20)21)22-16(11)24/h4-8,12,15H,3H2,1-2H3,(H,22,24)(H,23,25)/t12-,15?/m0/s1. The highest BCUT2D eigenvalue weighted by molar-refractivity contribution is 5.94. The van der Waals surface area contributed by atoms with E-state index < -0.39 is 29.4 Å². The van der Waals surface area contributed by atoms with E-state index in [1.54, 1.807) is 4.98 Å². The first kappa shape index (κ1) is 18.0. The Labute approximate surface area is 147 Å². The van der Waals surface area contributed by atoms with Gasteiger partial charge in [-0.05, 0) is 37.1 Å². The predicted octanol–water partition coefficient (Wildman–Crippen LogP) is 3.34. The second-order valence-corrected chi connectivity index (χ2v) is 6.17. The minimum Gasteiger partial charge on any atom is -0.488 e. The van der Waals surface area contributed by atoms with Crippen molar-refractivity contribution in [2.75, 3.05) is 0 Å². The van der Waals surface area contributed by atoms with Crippen molar-refractivity contribution in [2.45, 2.75) is 38.6 Å². The summed E-state index contributed by atoms with van der Waals surface area (Å²) >= 11 is 0. The Morgan fingerprint density at radius 3 is 2.62 bits per heavy atom. The van der Waals surface area contributed by atoms with Gasteiger partial charge in [0.25, 0.3) is 11.5 Å². The molecule has 0 saturated heterocycles. The van der Waals surface area contributed by atoms with Crippen LogP contribution in [0.3, 0.4) is 0 Å². The third-order valence-electron chi connectivity index (χ3n) is 4.30. The maximum Gasteiger partial charge on any atom is 0.431 e. The molecule has 0 fully saturated rings. The van der Waals surface area contributed by atoms with Crippen LogP contribution in [0.5, 0.6) is 5.75 Å². The van der Waals surface area contributed by atoms with E-state index in [0.29, 0.717) is 18.2 Å². The van der Waals surface area contributed by atoms with Gasteiger partial charge in [0.05, 0.1) is 6.04 Å². The fourth-order valence-electron chi connectivity index (χ4n) is 2.96. The number of nitrogens with one attached hydrogen (secondary N) is 2. The van der Waals surface area contributed by atoms with E-state index in [4.69, 9.17) is 4.74 Å². The molecule has 2 heterocycles. The summed E-state index contributed by atoms with van der Waals surface area (Å²) in [6.07, 6.45) is -4.39. The lowest BCUT2D eigenvalue weighted by Gasteiger charge is -2.19. The van der Waals surface area contributed by atoms with Gasteiger partial charge in [-0.25, -0.2) is 0 Å². The average molecular weight is 366 g/mol. The number of aromatic amines is 1. The minimum absolute atomic E-state index is 0.315. The highest BCUT2D eigenvalue weighted by Crippen LogP contribution is 2.38. The second kappa shape index (κ2) is 6.51. The fourth-order valence-corrected chi connectivity index (χ4v) is 2.96. The Kier molecular flexibility index (Phi) is 4.52. The lowest BCUT2D eigenvalue weighted by molar-refractivity contribution is -0.141. The summed E-state index contributed by atoms with van der Waals surface area (Å²) in [6.45, 7) is 3.81. The Morgan fingerprint density at radius 1 is 1.27 bits per heavy atom. The van der Waals surface area contributed by atoms with Crippen molar-refractivity contribution in [3.63, 3.8) is 0 Å². The summed E-state index contributed by atoms with van der Waals surface area (Å²) in [6, 6.07) is 6.64. The van der Waals surface area contributed by atoms with Crippen LogP contribution in [-0.4, -0.2) is 17.0 Å². The number of rotatable bonds is 3. The highest BCUT2D eigenvalue weighted by Gasteiger charge is 2.36. The molecule has 1 aliphatic heterocycles. The Balaban J connectivity index is 1.87. The van der Waals surface area contributed by atoms with Crippen LogP contribution < -0.4 is 15.6 Å². The molecular formula is C18H17F3N2O3. The van der Waals surface area contributed by atoms with Crippen molar-refractivity contribution in [3.05, 3.63) is 63.1 Å². The van der Waals surface area contributed by atoms with E-state index in [-0.39, 0.29) is 11.7 Å². The Morgan fingerprint density at radius 2 is 2.00 bits per heavy atom. The summed E-state index contributed by atoms with van der Waals surface area (Å²) < 4.78 is 43.7. The van der Waals surface area contributed by atoms with Gasteiger partial charge >= 0.3 is 6.18 Å². The quantitative estimate of drug-likeness (QED) is 0.875. The zero-order valence-corrected chi connectivity index (χ0v) is 14.1. The number of pyridine rings is 1. The highest BCUT2D eigenvalue weighted by atomic mass is 19.4. The van der Waals surface area contributed by atoms with Crippen LogP contribution in [0.25, 0.3) is 0 Å². The normalized spacial score (nSPS) is 19.0. The molecule has 1 aliphatic rings. The molecule has 5 nitrogen and oxygen atoms in total. The average Bonchev–Trinajstić information content (AvgIpc) is 2.90. The molecule has 0 radical (unpaired) electrons. The van der Waals surface area contributed by atoms with Gasteiger partial charge in [-0.15, -0.1) is 0 Å². The maximum atomic E-state index is 12.6. The van der Waals surface area contributed by atoms with Crippen LogP contribution in [0.2, 0.25) is 0 Å². The molecule has 2 aromatic rings. The number of carbonyl (C=O) groups is 1. The van der Waals surface area contributed by atoms with Gasteiger partial charge in [-0.3, -0.25) is 9.59 Å². The number of aromatic nitrogens is 1. The van der Waals surface area contributed by atoms with Gasteiger partial charge in [0.15, 0.2) is 0 Å². The van der Waals surface area contributed by atoms with Crippen LogP contribution in [0.4, 0.5) is 13.2 Å². The SMILES string of the molecule is CC[C@@H]1Oc2cc(C)ccc2C1NC(=O)c1ccc(C(F)(F)F)[nH]c1=O. The summed E-state index contributed by atoms with van der Waals surface area (Å²) in [7, 11) is 0. The van der Waals surface area contributed by atoms with Crippen LogP contribution in [-0.2, 0) is 6.18 Å². The van der Waals surface area contributed by atoms with E-state index in [0.717, 1.165) is 17.2 Å². The first-order chi connectivity index (χ1) is 12.2. The van der Waals surface area contributed by atoms with Gasteiger partial charge in [-0.1, -0.05) is 19.1 Å². The minimum atomic E-state index is -4.68. The number of alkyl halides is 3. The van der Waals surface area contributed by atoms with Crippen molar-refractivity contribution < 1.29 is 22.7 Å². The van der Waals surface area contributed by atoms with E-state index in [9.17, 15) is 22.8 Å². The van der Waals surface area contributed by atoms with E-state index in [2.05, 4.69) is 5.32 Å². The molecule has 1 unspecified atom stereocenters. The largest absolute Gasteiger partial charge is 0.488 e. The summed E-state index contributed by atoms with van der Waals surface area (Å²) in [4.78, 5) is 26.0. The van der Waals surface area contributed by atoms with Crippen molar-refractivity contribution >= 4 is 5.91 Å². The zero-order valence-electron chi connectivity index (χ0n) is 14.1. The molecule has 8 heteroatoms. The summed E-state index contributed by atoms with van der Waals surface area (Å²) in [5.74, 6) is -0.0936. The van der Waals surface area contributed by atoms with E-state index in [1.807, 2.05) is 32.0 Å². The van der Waals surface area contributed by atoms with Crippen LogP contribution in [0.1, 0.15) is 46.6 Å². The molecule has 1 aromatic heterocycles. The second-order valence-electron chi connectivity index (χ2n) is 6.17. The van der Waals surface area contributed by atoms with E-state index >= 15 is 0 Å². The van der Waals surface area contributed by atoms with Crippen LogP contribution in [0.15, 0.2) is 35.1 Å². The number of aryl methyl sites for hydroxylation is 1. The number of H-pyrrole nitrogens is 1. The number of hydrogen-bond acceptors (Lipinski definition) is 3. The number of carbonyl (C=O) groups excluding carboxylic acids is 1. The third kappa shape index (κ3) is 3.31. The number of halogens is 3. The molecule has 0 saturated carbocycles. The van der Waals surface area contributed by atoms with Crippen LogP contribution >= 0.6 is 0 Å². The van der Waals surface area contributed by atoms with Crippen LogP contribution in [0, 0.1) is 6.92 Å². The molecule has 0 aliphatic carbocycles. The molecule has 26 heavy (non-hydrogen) atoms. The number of hydrogen-bond donors (Lipinski definition) is 2. The zero-order chi connectivity index (χ0) is 19.1. The van der Waals surface area contributed by atoms with Crippen molar-refractivity contribution in [3.8, 4) is 5.75 Å². The number of benzene rings is 1. The summed E-state index contributed by atoms with van der Waals surface area (Å²) in [5.41, 5.74) is -0.888. The van der Waals surface area contributed by atoms with Gasteiger partial charge in [0.2, 0.25) is 0 Å². The van der Waals surface area contributed by atoms with Crippen molar-refractivity contribution in [2.24, 2.45) is 0 Å². The molecule has 138 valence electrons. The van der Waals surface area contributed by atoms with E-state index in [1.165, 1.54) is 0 Å². The first-order valence-corrected chi connectivity index (χ1v) is 8.09. The molecule has 1 amide bonds. The molecule has 3 rings (SSSR count). The Hall–Kier alpha value is -2.77. The van der Waals surface area contributed by atoms with Crippen molar-refractivity contribution in [1.29, 1.82) is 0 Å². The maximum absolute atomic E-state index is 12.6. The first-order valence-electron chi connectivity index (χ1n) is 8.09. The molecule has 0 spiro atoms. The predicted molar refractivity (Wildman–Crippen MR) is 88.2 cm³/mol. The lowest BCUT2D eigenvalue weighted by Crippen LogP contribution is -2.37. The van der Waals surface area contributed by atoms with Gasteiger partial charge in [0, 0.05) is 5.56 Å². The lowest BCUT2D eigenvalue weighted by atomic mass is 10.0. The van der Waals surface area contributed by atoms with Crippen molar-refractivity contribution in [1.82, 2.24) is 10.3 Å². The fraction of sp³-hybridized carbons (Fsp3) is 0.333. The van der Waals surface area contributed by atoms with Gasteiger partial charge in [-0.2, -0.15) is 13.2 Å². The van der Waals surface area contributed by atoms with Gasteiger partial charge in [0.1, 0.15) is 23.1 Å². The molecule has 1 aromatic carbocycles.